The summed E-state index contributed by atoms with van der Waals surface area (Å²) >= 11 is 12.6. The van der Waals surface area contributed by atoms with Crippen LogP contribution in [-0.2, 0) is 26.0 Å². The molecule has 1 aliphatic rings. The predicted molar refractivity (Wildman–Crippen MR) is 164 cm³/mol. The zero-order valence-electron chi connectivity index (χ0n) is 23.0. The first-order valence-electron chi connectivity index (χ1n) is 13.8. The lowest BCUT2D eigenvalue weighted by atomic mass is 9.95. The smallest absolute Gasteiger partial charge is 0.264 e. The molecule has 1 saturated carbocycles. The maximum atomic E-state index is 14.0. The second-order valence-electron chi connectivity index (χ2n) is 10.3. The van der Waals surface area contributed by atoms with Crippen LogP contribution >= 0.6 is 23.2 Å². The molecular formula is C31H35Cl2N3O4S. The van der Waals surface area contributed by atoms with E-state index in [1.807, 2.05) is 30.3 Å². The van der Waals surface area contributed by atoms with Crippen LogP contribution < -0.4 is 9.62 Å². The van der Waals surface area contributed by atoms with Crippen LogP contribution in [0.25, 0.3) is 0 Å². The second kappa shape index (κ2) is 14.2. The molecule has 3 aromatic rings. The number of amides is 2. The van der Waals surface area contributed by atoms with Gasteiger partial charge in [0.05, 0.1) is 15.6 Å². The Labute approximate surface area is 252 Å². The van der Waals surface area contributed by atoms with Crippen molar-refractivity contribution in [2.45, 2.75) is 62.4 Å². The molecule has 41 heavy (non-hydrogen) atoms. The van der Waals surface area contributed by atoms with Gasteiger partial charge in [0.15, 0.2) is 0 Å². The summed E-state index contributed by atoms with van der Waals surface area (Å²) in [4.78, 5) is 28.8. The minimum Gasteiger partial charge on any atom is -0.352 e. The van der Waals surface area contributed by atoms with Gasteiger partial charge in [-0.2, -0.15) is 0 Å². The number of benzene rings is 3. The highest BCUT2D eigenvalue weighted by molar-refractivity contribution is 7.92. The summed E-state index contributed by atoms with van der Waals surface area (Å²) in [5.74, 6) is -0.766. The number of sulfonamides is 1. The first-order valence-corrected chi connectivity index (χ1v) is 16.0. The number of nitrogens with one attached hydrogen (secondary N) is 1. The molecule has 0 heterocycles. The molecule has 218 valence electrons. The highest BCUT2D eigenvalue weighted by atomic mass is 35.5. The molecule has 1 fully saturated rings. The Morgan fingerprint density at radius 3 is 2.20 bits per heavy atom. The summed E-state index contributed by atoms with van der Waals surface area (Å²) in [5.41, 5.74) is 1.12. The molecule has 0 aliphatic heterocycles. The van der Waals surface area contributed by atoms with Gasteiger partial charge in [-0.15, -0.1) is 0 Å². The van der Waals surface area contributed by atoms with E-state index in [-0.39, 0.29) is 34.1 Å². The minimum absolute atomic E-state index is 0.0118. The molecule has 0 unspecified atom stereocenters. The van der Waals surface area contributed by atoms with Gasteiger partial charge in [-0.3, -0.25) is 13.9 Å². The van der Waals surface area contributed by atoms with Gasteiger partial charge in [0, 0.05) is 17.6 Å². The van der Waals surface area contributed by atoms with Gasteiger partial charge in [-0.25, -0.2) is 8.42 Å². The summed E-state index contributed by atoms with van der Waals surface area (Å²) in [6.45, 7) is 1.37. The van der Waals surface area contributed by atoms with Crippen molar-refractivity contribution in [1.29, 1.82) is 0 Å². The molecule has 0 bridgehead atoms. The van der Waals surface area contributed by atoms with E-state index in [2.05, 4.69) is 5.32 Å². The number of rotatable bonds is 11. The van der Waals surface area contributed by atoms with E-state index >= 15 is 0 Å². The maximum absolute atomic E-state index is 14.0. The average Bonchev–Trinajstić information content (AvgIpc) is 2.97. The molecule has 7 nitrogen and oxygen atoms in total. The Bertz CT molecular complexity index is 1430. The average molecular weight is 617 g/mol. The Balaban J connectivity index is 1.65. The third kappa shape index (κ3) is 8.03. The summed E-state index contributed by atoms with van der Waals surface area (Å²) in [6, 6.07) is 21.2. The largest absolute Gasteiger partial charge is 0.352 e. The SMILES string of the molecule is C[C@H](C(=O)NC1CCCCC1)N(CCc1ccccc1)C(=O)CN(c1ccc(Cl)cc1Cl)S(=O)(=O)c1ccccc1. The number of carbonyl (C=O) groups is 2. The third-order valence-electron chi connectivity index (χ3n) is 7.39. The molecule has 4 rings (SSSR count). The number of halogens is 2. The maximum Gasteiger partial charge on any atom is 0.264 e. The second-order valence-corrected chi connectivity index (χ2v) is 13.0. The summed E-state index contributed by atoms with van der Waals surface area (Å²) in [5, 5.41) is 3.53. The van der Waals surface area contributed by atoms with Crippen LogP contribution in [0.3, 0.4) is 0 Å². The predicted octanol–water partition coefficient (Wildman–Crippen LogP) is 6.10. The number of hydrogen-bond donors (Lipinski definition) is 1. The fourth-order valence-electron chi connectivity index (χ4n) is 5.06. The van der Waals surface area contributed by atoms with E-state index < -0.39 is 28.5 Å². The van der Waals surface area contributed by atoms with Gasteiger partial charge in [-0.05, 0) is 62.1 Å². The van der Waals surface area contributed by atoms with Gasteiger partial charge in [0.1, 0.15) is 12.6 Å². The van der Waals surface area contributed by atoms with Crippen molar-refractivity contribution in [1.82, 2.24) is 10.2 Å². The first-order chi connectivity index (χ1) is 19.7. The lowest BCUT2D eigenvalue weighted by molar-refractivity contribution is -0.139. The molecule has 2 amide bonds. The quantitative estimate of drug-likeness (QED) is 0.282. The van der Waals surface area contributed by atoms with Crippen molar-refractivity contribution >= 4 is 50.7 Å². The van der Waals surface area contributed by atoms with Crippen LogP contribution in [-0.4, -0.2) is 50.3 Å². The first kappa shape index (κ1) is 30.9. The molecule has 10 heteroatoms. The highest BCUT2D eigenvalue weighted by Gasteiger charge is 2.33. The lowest BCUT2D eigenvalue weighted by Crippen LogP contribution is -2.53. The van der Waals surface area contributed by atoms with Crippen molar-refractivity contribution in [2.24, 2.45) is 0 Å². The topological polar surface area (TPSA) is 86.8 Å². The number of anilines is 1. The summed E-state index contributed by atoms with van der Waals surface area (Å²) in [7, 11) is -4.20. The van der Waals surface area contributed by atoms with E-state index in [9.17, 15) is 18.0 Å². The molecule has 0 aromatic heterocycles. The van der Waals surface area contributed by atoms with Crippen molar-refractivity contribution in [3.63, 3.8) is 0 Å². The summed E-state index contributed by atoms with van der Waals surface area (Å²) < 4.78 is 28.7. The monoisotopic (exact) mass is 615 g/mol. The fraction of sp³-hybridized carbons (Fsp3) is 0.355. The molecule has 0 spiro atoms. The minimum atomic E-state index is -4.20. The Hall–Kier alpha value is -3.07. The van der Waals surface area contributed by atoms with Crippen molar-refractivity contribution in [3.05, 3.63) is 94.5 Å². The van der Waals surface area contributed by atoms with Crippen molar-refractivity contribution in [2.75, 3.05) is 17.4 Å². The van der Waals surface area contributed by atoms with E-state index in [4.69, 9.17) is 23.2 Å². The van der Waals surface area contributed by atoms with Crippen LogP contribution in [0.5, 0.6) is 0 Å². The van der Waals surface area contributed by atoms with Crippen molar-refractivity contribution < 1.29 is 18.0 Å². The number of carbonyl (C=O) groups excluding carboxylic acids is 2. The molecule has 1 N–H and O–H groups in total. The Morgan fingerprint density at radius 1 is 0.927 bits per heavy atom. The van der Waals surface area contributed by atoms with Gasteiger partial charge in [0.25, 0.3) is 10.0 Å². The number of nitrogens with zero attached hydrogens (tertiary/aromatic N) is 2. The van der Waals surface area contributed by atoms with Crippen molar-refractivity contribution in [3.8, 4) is 0 Å². The Kier molecular flexibility index (Phi) is 10.7. The number of hydrogen-bond acceptors (Lipinski definition) is 4. The fourth-order valence-corrected chi connectivity index (χ4v) is 7.07. The molecular weight excluding hydrogens is 581 g/mol. The molecule has 0 saturated heterocycles. The van der Waals surface area contributed by atoms with E-state index in [0.717, 1.165) is 42.0 Å². The van der Waals surface area contributed by atoms with Crippen LogP contribution in [0.2, 0.25) is 10.0 Å². The lowest BCUT2D eigenvalue weighted by Gasteiger charge is -2.33. The molecule has 1 atom stereocenters. The Morgan fingerprint density at radius 2 is 1.56 bits per heavy atom. The van der Waals surface area contributed by atoms with E-state index in [1.54, 1.807) is 25.1 Å². The van der Waals surface area contributed by atoms with E-state index in [1.165, 1.54) is 35.2 Å². The highest BCUT2D eigenvalue weighted by Crippen LogP contribution is 2.33. The summed E-state index contributed by atoms with van der Waals surface area (Å²) in [6.07, 6.45) is 5.60. The molecule has 3 aromatic carbocycles. The van der Waals surface area contributed by atoms with Gasteiger partial charge in [0.2, 0.25) is 11.8 Å². The van der Waals surface area contributed by atoms with Gasteiger partial charge in [-0.1, -0.05) is 91.0 Å². The molecule has 0 radical (unpaired) electrons. The third-order valence-corrected chi connectivity index (χ3v) is 9.70. The van der Waals surface area contributed by atoms with Gasteiger partial charge < -0.3 is 10.2 Å². The standard InChI is InChI=1S/C31H35Cl2N3O4S/c1-23(31(38)34-26-13-7-3-8-14-26)35(20-19-24-11-5-2-6-12-24)30(37)22-36(29-18-17-25(32)21-28(29)33)41(39,40)27-15-9-4-10-16-27/h2,4-6,9-12,15-18,21,23,26H,3,7-8,13-14,19-20,22H2,1H3,(H,34,38)/t23-/m1/s1. The van der Waals surface area contributed by atoms with Crippen LogP contribution in [0.4, 0.5) is 5.69 Å². The van der Waals surface area contributed by atoms with Crippen LogP contribution in [0.1, 0.15) is 44.6 Å². The van der Waals surface area contributed by atoms with Crippen LogP contribution in [0, 0.1) is 0 Å². The van der Waals surface area contributed by atoms with Gasteiger partial charge >= 0.3 is 0 Å². The zero-order chi connectivity index (χ0) is 29.4. The molecule has 1 aliphatic carbocycles. The zero-order valence-corrected chi connectivity index (χ0v) is 25.3. The van der Waals surface area contributed by atoms with Crippen LogP contribution in [0.15, 0.2) is 83.8 Å². The van der Waals surface area contributed by atoms with E-state index in [0.29, 0.717) is 11.4 Å². The normalized spacial score (nSPS) is 14.7.